The number of carbonyl (C=O) groups is 1. The van der Waals surface area contributed by atoms with Crippen molar-refractivity contribution in [2.45, 2.75) is 25.8 Å². The first-order chi connectivity index (χ1) is 5.54. The highest BCUT2D eigenvalue weighted by Crippen LogP contribution is 1.92. The Morgan fingerprint density at radius 3 is 2.62 bits per heavy atom. The number of amidine groups is 1. The molecule has 0 aliphatic carbocycles. The lowest BCUT2D eigenvalue weighted by Crippen LogP contribution is -2.31. The summed E-state index contributed by atoms with van der Waals surface area (Å²) in [4.78, 5) is 10.2. The fraction of sp³-hybridized carbons (Fsp3) is 0.714. The van der Waals surface area contributed by atoms with E-state index >= 15 is 0 Å². The first-order valence-corrected chi connectivity index (χ1v) is 3.81. The lowest BCUT2D eigenvalue weighted by Gasteiger charge is -2.06. The van der Waals surface area contributed by atoms with Gasteiger partial charge in [0.15, 0.2) is 0 Å². The summed E-state index contributed by atoms with van der Waals surface area (Å²) in [6.45, 7) is 2.24. The van der Waals surface area contributed by atoms with Gasteiger partial charge in [-0.15, -0.1) is 12.4 Å². The molecule has 0 saturated carbocycles. The molecule has 0 aromatic rings. The van der Waals surface area contributed by atoms with E-state index in [0.717, 1.165) is 0 Å². The lowest BCUT2D eigenvalue weighted by molar-refractivity contribution is -0.138. The standard InChI is InChI=1S/C7H15N3O2.ClH/c1-5(8)10-4-2-3-6(9)7(11)12;/h6H,2-4,9H2,1H3,(H2,8,10)(H,11,12);1H. The molecule has 0 aliphatic heterocycles. The molecule has 0 heterocycles. The van der Waals surface area contributed by atoms with Crippen LogP contribution in [-0.2, 0) is 4.79 Å². The second-order valence-electron chi connectivity index (χ2n) is 2.64. The Hall–Kier alpha value is -0.810. The van der Waals surface area contributed by atoms with Gasteiger partial charge in [-0.05, 0) is 19.8 Å². The maximum atomic E-state index is 10.2. The largest absolute Gasteiger partial charge is 0.480 e. The van der Waals surface area contributed by atoms with Crippen molar-refractivity contribution in [3.63, 3.8) is 0 Å². The number of carboxylic acid groups (broad SMARTS) is 1. The fourth-order valence-corrected chi connectivity index (χ4v) is 0.721. The normalized spacial score (nSPS) is 11.2. The minimum absolute atomic E-state index is 0. The number of nitrogens with one attached hydrogen (secondary N) is 2. The topological polar surface area (TPSA) is 99.2 Å². The van der Waals surface area contributed by atoms with Crippen molar-refractivity contribution < 1.29 is 9.90 Å². The number of carboxylic acids is 1. The molecule has 0 rings (SSSR count). The Labute approximate surface area is 83.6 Å². The number of hydrogen-bond acceptors (Lipinski definition) is 3. The highest BCUT2D eigenvalue weighted by molar-refractivity contribution is 5.85. The Morgan fingerprint density at radius 1 is 1.69 bits per heavy atom. The van der Waals surface area contributed by atoms with Crippen LogP contribution in [0.15, 0.2) is 0 Å². The van der Waals surface area contributed by atoms with Crippen LogP contribution in [0.3, 0.4) is 0 Å². The molecule has 13 heavy (non-hydrogen) atoms. The predicted molar refractivity (Wildman–Crippen MR) is 53.5 cm³/mol. The quantitative estimate of drug-likeness (QED) is 0.295. The second kappa shape index (κ2) is 7.82. The molecule has 0 amide bonds. The Kier molecular flexibility index (Phi) is 8.84. The Bertz CT molecular complexity index is 175. The van der Waals surface area contributed by atoms with Gasteiger partial charge < -0.3 is 16.2 Å². The summed E-state index contributed by atoms with van der Waals surface area (Å²) < 4.78 is 0. The van der Waals surface area contributed by atoms with Crippen LogP contribution < -0.4 is 11.1 Å². The minimum atomic E-state index is -0.971. The third-order valence-corrected chi connectivity index (χ3v) is 1.40. The van der Waals surface area contributed by atoms with Crippen molar-refractivity contribution in [3.8, 4) is 0 Å². The molecule has 78 valence electrons. The Morgan fingerprint density at radius 2 is 2.23 bits per heavy atom. The summed E-state index contributed by atoms with van der Waals surface area (Å²) >= 11 is 0. The van der Waals surface area contributed by atoms with Gasteiger partial charge in [0.1, 0.15) is 6.04 Å². The molecule has 1 atom stereocenters. The highest BCUT2D eigenvalue weighted by Gasteiger charge is 2.09. The van der Waals surface area contributed by atoms with Crippen LogP contribution in [0.5, 0.6) is 0 Å². The number of rotatable bonds is 5. The molecule has 0 saturated heterocycles. The summed E-state index contributed by atoms with van der Waals surface area (Å²) in [7, 11) is 0. The van der Waals surface area contributed by atoms with Crippen LogP contribution in [0.1, 0.15) is 19.8 Å². The van der Waals surface area contributed by atoms with Gasteiger partial charge in [-0.2, -0.15) is 0 Å². The summed E-state index contributed by atoms with van der Waals surface area (Å²) in [6, 6.07) is -0.780. The maximum absolute atomic E-state index is 10.2. The van der Waals surface area contributed by atoms with E-state index in [1.54, 1.807) is 6.92 Å². The van der Waals surface area contributed by atoms with E-state index in [4.69, 9.17) is 16.2 Å². The molecular formula is C7H16ClN3O2. The Balaban J connectivity index is 0. The zero-order valence-corrected chi connectivity index (χ0v) is 8.36. The average molecular weight is 210 g/mol. The van der Waals surface area contributed by atoms with Gasteiger partial charge >= 0.3 is 5.97 Å². The third kappa shape index (κ3) is 9.10. The second-order valence-corrected chi connectivity index (χ2v) is 2.64. The number of nitrogens with two attached hydrogens (primary N) is 1. The molecule has 0 radical (unpaired) electrons. The lowest BCUT2D eigenvalue weighted by atomic mass is 10.2. The molecular weight excluding hydrogens is 194 g/mol. The summed E-state index contributed by atoms with van der Waals surface area (Å²) in [5.41, 5.74) is 5.25. The van der Waals surface area contributed by atoms with Crippen molar-refractivity contribution in [1.29, 1.82) is 5.41 Å². The molecule has 5 N–H and O–H groups in total. The number of halogens is 1. The third-order valence-electron chi connectivity index (χ3n) is 1.40. The van der Waals surface area contributed by atoms with Crippen LogP contribution >= 0.6 is 12.4 Å². The van der Waals surface area contributed by atoms with Gasteiger partial charge in [-0.1, -0.05) is 0 Å². The van der Waals surface area contributed by atoms with Crippen LogP contribution in [-0.4, -0.2) is 29.5 Å². The average Bonchev–Trinajstić information content (AvgIpc) is 1.97. The molecule has 0 fully saturated rings. The number of aliphatic carboxylic acids is 1. The van der Waals surface area contributed by atoms with Gasteiger partial charge in [0.2, 0.25) is 0 Å². The van der Waals surface area contributed by atoms with E-state index < -0.39 is 12.0 Å². The van der Waals surface area contributed by atoms with Crippen molar-refractivity contribution >= 4 is 24.2 Å². The highest BCUT2D eigenvalue weighted by atomic mass is 35.5. The van der Waals surface area contributed by atoms with E-state index in [1.807, 2.05) is 0 Å². The van der Waals surface area contributed by atoms with Gasteiger partial charge in [-0.25, -0.2) is 0 Å². The SMILES string of the molecule is CC(=N)NCCCC(N)C(=O)O.Cl. The van der Waals surface area contributed by atoms with Crippen molar-refractivity contribution in [1.82, 2.24) is 5.32 Å². The first-order valence-electron chi connectivity index (χ1n) is 3.81. The molecule has 0 bridgehead atoms. The van der Waals surface area contributed by atoms with E-state index in [0.29, 0.717) is 25.2 Å². The predicted octanol–water partition coefficient (Wildman–Crippen LogP) is 0.187. The summed E-state index contributed by atoms with van der Waals surface area (Å²) in [5.74, 6) is -0.583. The van der Waals surface area contributed by atoms with Gasteiger partial charge in [-0.3, -0.25) is 10.2 Å². The van der Waals surface area contributed by atoms with Gasteiger partial charge in [0, 0.05) is 6.54 Å². The van der Waals surface area contributed by atoms with Crippen LogP contribution in [0.4, 0.5) is 0 Å². The van der Waals surface area contributed by atoms with E-state index in [9.17, 15) is 4.79 Å². The maximum Gasteiger partial charge on any atom is 0.320 e. The van der Waals surface area contributed by atoms with Gasteiger partial charge in [0.05, 0.1) is 5.84 Å². The molecule has 0 aromatic carbocycles. The van der Waals surface area contributed by atoms with E-state index in [-0.39, 0.29) is 12.4 Å². The van der Waals surface area contributed by atoms with Gasteiger partial charge in [0.25, 0.3) is 0 Å². The molecule has 1 unspecified atom stereocenters. The molecule has 5 nitrogen and oxygen atoms in total. The molecule has 0 aromatic heterocycles. The fourth-order valence-electron chi connectivity index (χ4n) is 0.721. The monoisotopic (exact) mass is 209 g/mol. The van der Waals surface area contributed by atoms with Crippen molar-refractivity contribution in [3.05, 3.63) is 0 Å². The first kappa shape index (κ1) is 14.7. The molecule has 6 heteroatoms. The zero-order valence-electron chi connectivity index (χ0n) is 7.54. The minimum Gasteiger partial charge on any atom is -0.480 e. The van der Waals surface area contributed by atoms with E-state index in [2.05, 4.69) is 5.32 Å². The van der Waals surface area contributed by atoms with Crippen LogP contribution in [0.25, 0.3) is 0 Å². The van der Waals surface area contributed by atoms with Crippen LogP contribution in [0.2, 0.25) is 0 Å². The van der Waals surface area contributed by atoms with Crippen LogP contribution in [0, 0.1) is 5.41 Å². The molecule has 0 aliphatic rings. The van der Waals surface area contributed by atoms with Crippen molar-refractivity contribution in [2.24, 2.45) is 5.73 Å². The van der Waals surface area contributed by atoms with Crippen molar-refractivity contribution in [2.75, 3.05) is 6.54 Å². The smallest absolute Gasteiger partial charge is 0.320 e. The van der Waals surface area contributed by atoms with E-state index in [1.165, 1.54) is 0 Å². The number of hydrogen-bond donors (Lipinski definition) is 4. The molecule has 0 spiro atoms. The summed E-state index contributed by atoms with van der Waals surface area (Å²) in [6.07, 6.45) is 1.11. The zero-order chi connectivity index (χ0) is 9.56. The summed E-state index contributed by atoms with van der Waals surface area (Å²) in [5, 5.41) is 18.2.